The maximum Gasteiger partial charge on any atom is 0.243 e. The fourth-order valence-electron chi connectivity index (χ4n) is 3.72. The normalized spacial score (nSPS) is 20.4. The van der Waals surface area contributed by atoms with Crippen LogP contribution in [-0.4, -0.2) is 37.0 Å². The van der Waals surface area contributed by atoms with Gasteiger partial charge >= 0.3 is 0 Å². The molecule has 0 unspecified atom stereocenters. The van der Waals surface area contributed by atoms with Gasteiger partial charge in [-0.1, -0.05) is 37.1 Å². The molecule has 1 N–H and O–H groups in total. The standard InChI is InChI=1S/C21H24N2O3S2/c24-21(20-14-16-8-3-4-11-19(16)27-20)22-17-9-7-10-18(15-17)28(25,26)23-12-5-1-2-6-13-23/h3-4,7-11,15,20H,1-2,5-6,12-14H2,(H,22,24)/t20-/m1/s1. The van der Waals surface area contributed by atoms with Crippen LogP contribution in [0.15, 0.2) is 58.3 Å². The van der Waals surface area contributed by atoms with Gasteiger partial charge in [0.2, 0.25) is 15.9 Å². The third kappa shape index (κ3) is 4.11. The van der Waals surface area contributed by atoms with E-state index in [0.29, 0.717) is 25.2 Å². The van der Waals surface area contributed by atoms with Crippen LogP contribution in [0.25, 0.3) is 0 Å². The second-order valence-electron chi connectivity index (χ2n) is 7.25. The molecule has 7 heteroatoms. The Morgan fingerprint density at radius 3 is 2.50 bits per heavy atom. The first-order valence-corrected chi connectivity index (χ1v) is 12.0. The van der Waals surface area contributed by atoms with Crippen molar-refractivity contribution in [2.24, 2.45) is 0 Å². The molecule has 148 valence electrons. The Balaban J connectivity index is 1.47. The monoisotopic (exact) mass is 416 g/mol. The summed E-state index contributed by atoms with van der Waals surface area (Å²) in [5, 5.41) is 2.71. The maximum atomic E-state index is 13.0. The minimum absolute atomic E-state index is 0.0921. The number of nitrogens with zero attached hydrogens (tertiary/aromatic N) is 1. The molecule has 0 aliphatic carbocycles. The molecule has 0 saturated carbocycles. The van der Waals surface area contributed by atoms with E-state index >= 15 is 0 Å². The first-order chi connectivity index (χ1) is 13.5. The highest BCUT2D eigenvalue weighted by atomic mass is 32.2. The van der Waals surface area contributed by atoms with Crippen molar-refractivity contribution >= 4 is 33.4 Å². The number of anilines is 1. The lowest BCUT2D eigenvalue weighted by Gasteiger charge is -2.20. The molecule has 28 heavy (non-hydrogen) atoms. The van der Waals surface area contributed by atoms with Crippen molar-refractivity contribution in [3.8, 4) is 0 Å². The first kappa shape index (κ1) is 19.5. The summed E-state index contributed by atoms with van der Waals surface area (Å²) in [5.74, 6) is -0.0921. The number of hydrogen-bond donors (Lipinski definition) is 1. The minimum Gasteiger partial charge on any atom is -0.325 e. The Kier molecular flexibility index (Phi) is 5.75. The Labute approximate surface area is 170 Å². The van der Waals surface area contributed by atoms with E-state index in [1.165, 1.54) is 5.56 Å². The number of sulfonamides is 1. The van der Waals surface area contributed by atoms with Gasteiger partial charge < -0.3 is 5.32 Å². The van der Waals surface area contributed by atoms with Crippen LogP contribution in [0.1, 0.15) is 31.2 Å². The third-order valence-corrected chi connectivity index (χ3v) is 8.46. The maximum absolute atomic E-state index is 13.0. The van der Waals surface area contributed by atoms with Crippen LogP contribution in [0.5, 0.6) is 0 Å². The molecule has 2 aliphatic rings. The van der Waals surface area contributed by atoms with Gasteiger partial charge in [-0.3, -0.25) is 4.79 Å². The number of amides is 1. The number of fused-ring (bicyclic) bond motifs is 1. The lowest BCUT2D eigenvalue weighted by molar-refractivity contribution is -0.115. The third-order valence-electron chi connectivity index (χ3n) is 5.24. The van der Waals surface area contributed by atoms with Crippen LogP contribution in [0.4, 0.5) is 5.69 Å². The van der Waals surface area contributed by atoms with Crippen molar-refractivity contribution < 1.29 is 13.2 Å². The molecule has 1 amide bonds. The zero-order valence-corrected chi connectivity index (χ0v) is 17.3. The van der Waals surface area contributed by atoms with Crippen molar-refractivity contribution in [1.82, 2.24) is 4.31 Å². The Hall–Kier alpha value is -1.83. The quantitative estimate of drug-likeness (QED) is 0.821. The van der Waals surface area contributed by atoms with Gasteiger partial charge in [-0.15, -0.1) is 11.8 Å². The van der Waals surface area contributed by atoms with Crippen molar-refractivity contribution in [2.75, 3.05) is 18.4 Å². The molecule has 4 rings (SSSR count). The van der Waals surface area contributed by atoms with Gasteiger partial charge in [0.25, 0.3) is 0 Å². The molecule has 5 nitrogen and oxygen atoms in total. The number of carbonyl (C=O) groups is 1. The van der Waals surface area contributed by atoms with E-state index in [1.54, 1.807) is 40.3 Å². The highest BCUT2D eigenvalue weighted by molar-refractivity contribution is 8.01. The van der Waals surface area contributed by atoms with Crippen molar-refractivity contribution in [2.45, 2.75) is 47.1 Å². The Morgan fingerprint density at radius 2 is 1.75 bits per heavy atom. The van der Waals surface area contributed by atoms with Crippen molar-refractivity contribution in [3.63, 3.8) is 0 Å². The van der Waals surface area contributed by atoms with Crippen LogP contribution in [0, 0.1) is 0 Å². The van der Waals surface area contributed by atoms with E-state index in [1.807, 2.05) is 24.3 Å². The van der Waals surface area contributed by atoms with Crippen LogP contribution in [-0.2, 0) is 21.2 Å². The van der Waals surface area contributed by atoms with Crippen molar-refractivity contribution in [3.05, 3.63) is 54.1 Å². The lowest BCUT2D eigenvalue weighted by Crippen LogP contribution is -2.32. The fraction of sp³-hybridized carbons (Fsp3) is 0.381. The molecule has 2 heterocycles. The molecule has 1 saturated heterocycles. The van der Waals surface area contributed by atoms with E-state index in [-0.39, 0.29) is 16.1 Å². The molecule has 1 fully saturated rings. The number of benzene rings is 2. The predicted octanol–water partition coefficient (Wildman–Crippen LogP) is 3.91. The minimum atomic E-state index is -3.53. The summed E-state index contributed by atoms with van der Waals surface area (Å²) in [6.07, 6.45) is 4.63. The molecule has 0 spiro atoms. The molecule has 0 radical (unpaired) electrons. The van der Waals surface area contributed by atoms with E-state index < -0.39 is 10.0 Å². The molecular weight excluding hydrogens is 392 g/mol. The molecule has 2 aliphatic heterocycles. The van der Waals surface area contributed by atoms with Gasteiger partial charge in [0.1, 0.15) is 0 Å². The molecule has 2 aromatic carbocycles. The van der Waals surface area contributed by atoms with Gasteiger partial charge in [-0.25, -0.2) is 8.42 Å². The zero-order chi connectivity index (χ0) is 19.6. The number of thioether (sulfide) groups is 1. The fourth-order valence-corrected chi connectivity index (χ4v) is 6.48. The smallest absolute Gasteiger partial charge is 0.243 e. The van der Waals surface area contributed by atoms with Gasteiger partial charge in [-0.05, 0) is 49.1 Å². The second kappa shape index (κ2) is 8.27. The van der Waals surface area contributed by atoms with Crippen LogP contribution < -0.4 is 5.32 Å². The van der Waals surface area contributed by atoms with E-state index in [9.17, 15) is 13.2 Å². The van der Waals surface area contributed by atoms with E-state index in [4.69, 9.17) is 0 Å². The SMILES string of the molecule is O=C(Nc1cccc(S(=O)(=O)N2CCCCCC2)c1)[C@H]1Cc2ccccc2S1. The summed E-state index contributed by atoms with van der Waals surface area (Å²) in [5.41, 5.74) is 1.71. The Morgan fingerprint density at radius 1 is 1.00 bits per heavy atom. The highest BCUT2D eigenvalue weighted by Gasteiger charge is 2.29. The molecule has 1 atom stereocenters. The molecule has 0 bridgehead atoms. The number of rotatable bonds is 4. The zero-order valence-electron chi connectivity index (χ0n) is 15.6. The second-order valence-corrected chi connectivity index (χ2v) is 10.4. The summed E-state index contributed by atoms with van der Waals surface area (Å²) in [4.78, 5) is 14.1. The number of hydrogen-bond acceptors (Lipinski definition) is 4. The number of nitrogens with one attached hydrogen (secondary N) is 1. The summed E-state index contributed by atoms with van der Waals surface area (Å²) in [7, 11) is -3.53. The van der Waals surface area contributed by atoms with E-state index in [2.05, 4.69) is 5.32 Å². The van der Waals surface area contributed by atoms with Gasteiger partial charge in [0, 0.05) is 23.7 Å². The van der Waals surface area contributed by atoms with Crippen molar-refractivity contribution in [1.29, 1.82) is 0 Å². The summed E-state index contributed by atoms with van der Waals surface area (Å²) >= 11 is 1.56. The van der Waals surface area contributed by atoms with Crippen LogP contribution in [0.3, 0.4) is 0 Å². The largest absolute Gasteiger partial charge is 0.325 e. The predicted molar refractivity (Wildman–Crippen MR) is 112 cm³/mol. The van der Waals surface area contributed by atoms with Gasteiger partial charge in [0.15, 0.2) is 0 Å². The molecular formula is C21H24N2O3S2. The topological polar surface area (TPSA) is 66.5 Å². The number of carbonyl (C=O) groups excluding carboxylic acids is 1. The van der Waals surface area contributed by atoms with Crippen LogP contribution in [0.2, 0.25) is 0 Å². The van der Waals surface area contributed by atoms with Gasteiger partial charge in [-0.2, -0.15) is 4.31 Å². The summed E-state index contributed by atoms with van der Waals surface area (Å²) in [6.45, 7) is 1.13. The van der Waals surface area contributed by atoms with E-state index in [0.717, 1.165) is 30.6 Å². The summed E-state index contributed by atoms with van der Waals surface area (Å²) in [6, 6.07) is 14.6. The highest BCUT2D eigenvalue weighted by Crippen LogP contribution is 2.37. The molecule has 2 aromatic rings. The molecule has 0 aromatic heterocycles. The average molecular weight is 417 g/mol. The van der Waals surface area contributed by atoms with Crippen LogP contribution >= 0.6 is 11.8 Å². The summed E-state index contributed by atoms with van der Waals surface area (Å²) < 4.78 is 27.6. The lowest BCUT2D eigenvalue weighted by atomic mass is 10.1. The van der Waals surface area contributed by atoms with Gasteiger partial charge in [0.05, 0.1) is 10.1 Å². The first-order valence-electron chi connectivity index (χ1n) is 9.70. The average Bonchev–Trinajstić information content (AvgIpc) is 2.94. The Bertz CT molecular complexity index is 942.